The van der Waals surface area contributed by atoms with Crippen molar-refractivity contribution in [3.63, 3.8) is 0 Å². The summed E-state index contributed by atoms with van der Waals surface area (Å²) in [5.74, 6) is 1.06. The van der Waals surface area contributed by atoms with Gasteiger partial charge in [-0.2, -0.15) is 5.10 Å². The van der Waals surface area contributed by atoms with Crippen molar-refractivity contribution in [3.05, 3.63) is 66.2 Å². The minimum absolute atomic E-state index is 0.239. The first-order chi connectivity index (χ1) is 13.6. The summed E-state index contributed by atoms with van der Waals surface area (Å²) < 4.78 is 10.5. The molecule has 144 valence electrons. The van der Waals surface area contributed by atoms with Gasteiger partial charge in [0.05, 0.1) is 20.4 Å². The van der Waals surface area contributed by atoms with Gasteiger partial charge in [-0.15, -0.1) is 0 Å². The SMILES string of the molecule is COc1ccc(/C=N\NC(=O)[C@H](C)Nc2cccc3ccccc23)c(OC)c1. The standard InChI is InChI=1S/C22H23N3O3/c1-15(24-20-10-6-8-16-7-4-5-9-19(16)20)22(26)25-23-14-17-11-12-18(27-2)13-21(17)28-3/h4-15,24H,1-3H3,(H,25,26)/b23-14-/t15-/m0/s1. The van der Waals surface area contributed by atoms with E-state index in [0.717, 1.165) is 22.0 Å². The Morgan fingerprint density at radius 1 is 1.04 bits per heavy atom. The second-order valence-electron chi connectivity index (χ2n) is 6.23. The van der Waals surface area contributed by atoms with Gasteiger partial charge < -0.3 is 14.8 Å². The first kappa shape index (κ1) is 19.2. The molecular formula is C22H23N3O3. The number of hydrazone groups is 1. The van der Waals surface area contributed by atoms with E-state index in [-0.39, 0.29) is 5.91 Å². The third-order valence-electron chi connectivity index (χ3n) is 4.37. The average molecular weight is 377 g/mol. The highest BCUT2D eigenvalue weighted by molar-refractivity contribution is 5.96. The van der Waals surface area contributed by atoms with E-state index in [4.69, 9.17) is 9.47 Å². The fraction of sp³-hybridized carbons (Fsp3) is 0.182. The van der Waals surface area contributed by atoms with Crippen LogP contribution in [0.3, 0.4) is 0 Å². The number of benzene rings is 3. The van der Waals surface area contributed by atoms with Crippen molar-refractivity contribution in [1.82, 2.24) is 5.43 Å². The lowest BCUT2D eigenvalue weighted by atomic mass is 10.1. The first-order valence-electron chi connectivity index (χ1n) is 8.91. The number of amides is 1. The molecule has 0 aromatic heterocycles. The van der Waals surface area contributed by atoms with Crippen LogP contribution >= 0.6 is 0 Å². The van der Waals surface area contributed by atoms with Crippen LogP contribution in [0.1, 0.15) is 12.5 Å². The highest BCUT2D eigenvalue weighted by Gasteiger charge is 2.13. The summed E-state index contributed by atoms with van der Waals surface area (Å²) in [6.45, 7) is 1.79. The summed E-state index contributed by atoms with van der Waals surface area (Å²) in [5, 5.41) is 9.47. The smallest absolute Gasteiger partial charge is 0.262 e. The summed E-state index contributed by atoms with van der Waals surface area (Å²) in [5.41, 5.74) is 4.20. The number of hydrogen-bond acceptors (Lipinski definition) is 5. The van der Waals surface area contributed by atoms with Gasteiger partial charge in [-0.3, -0.25) is 4.79 Å². The second-order valence-corrected chi connectivity index (χ2v) is 6.23. The molecule has 0 radical (unpaired) electrons. The summed E-state index contributed by atoms with van der Waals surface area (Å²) in [6, 6.07) is 18.9. The average Bonchev–Trinajstić information content (AvgIpc) is 2.74. The molecule has 0 aliphatic carbocycles. The number of anilines is 1. The third kappa shape index (κ3) is 4.40. The summed E-state index contributed by atoms with van der Waals surface area (Å²) in [7, 11) is 3.16. The van der Waals surface area contributed by atoms with E-state index in [1.807, 2.05) is 48.5 Å². The van der Waals surface area contributed by atoms with E-state index >= 15 is 0 Å². The zero-order valence-corrected chi connectivity index (χ0v) is 16.1. The molecule has 0 heterocycles. The van der Waals surface area contributed by atoms with Crippen LogP contribution in [0.25, 0.3) is 10.8 Å². The van der Waals surface area contributed by atoms with Crippen LogP contribution in [0.5, 0.6) is 11.5 Å². The fourth-order valence-corrected chi connectivity index (χ4v) is 2.84. The summed E-state index contributed by atoms with van der Waals surface area (Å²) >= 11 is 0. The highest BCUT2D eigenvalue weighted by Crippen LogP contribution is 2.24. The first-order valence-corrected chi connectivity index (χ1v) is 8.91. The van der Waals surface area contributed by atoms with Gasteiger partial charge in [0.2, 0.25) is 0 Å². The minimum Gasteiger partial charge on any atom is -0.497 e. The van der Waals surface area contributed by atoms with E-state index in [0.29, 0.717) is 11.5 Å². The molecule has 0 unspecified atom stereocenters. The number of ether oxygens (including phenoxy) is 2. The molecule has 0 aliphatic rings. The van der Waals surface area contributed by atoms with Crippen molar-refractivity contribution in [3.8, 4) is 11.5 Å². The van der Waals surface area contributed by atoms with Gasteiger partial charge in [-0.25, -0.2) is 5.43 Å². The topological polar surface area (TPSA) is 72.0 Å². The Balaban J connectivity index is 1.65. The largest absolute Gasteiger partial charge is 0.497 e. The van der Waals surface area contributed by atoms with E-state index in [9.17, 15) is 4.79 Å². The highest BCUT2D eigenvalue weighted by atomic mass is 16.5. The van der Waals surface area contributed by atoms with Gasteiger partial charge in [-0.1, -0.05) is 36.4 Å². The predicted octanol–water partition coefficient (Wildman–Crippen LogP) is 3.81. The van der Waals surface area contributed by atoms with Crippen molar-refractivity contribution >= 4 is 28.6 Å². The van der Waals surface area contributed by atoms with Gasteiger partial charge in [-0.05, 0) is 30.5 Å². The maximum atomic E-state index is 12.4. The van der Waals surface area contributed by atoms with Gasteiger partial charge in [0.15, 0.2) is 0 Å². The van der Waals surface area contributed by atoms with Crippen molar-refractivity contribution < 1.29 is 14.3 Å². The lowest BCUT2D eigenvalue weighted by Crippen LogP contribution is -2.34. The molecule has 0 saturated carbocycles. The molecule has 6 nitrogen and oxygen atoms in total. The number of nitrogens with zero attached hydrogens (tertiary/aromatic N) is 1. The number of carbonyl (C=O) groups is 1. The van der Waals surface area contributed by atoms with Crippen molar-refractivity contribution in [2.45, 2.75) is 13.0 Å². The van der Waals surface area contributed by atoms with Crippen LogP contribution in [0.2, 0.25) is 0 Å². The van der Waals surface area contributed by atoms with Crippen LogP contribution in [0, 0.1) is 0 Å². The zero-order valence-electron chi connectivity index (χ0n) is 16.1. The molecule has 0 bridgehead atoms. The van der Waals surface area contributed by atoms with Crippen molar-refractivity contribution in [1.29, 1.82) is 0 Å². The van der Waals surface area contributed by atoms with Crippen LogP contribution in [-0.2, 0) is 4.79 Å². The molecule has 6 heteroatoms. The van der Waals surface area contributed by atoms with Crippen LogP contribution in [-0.4, -0.2) is 32.4 Å². The second kappa shape index (κ2) is 8.90. The molecule has 0 aliphatic heterocycles. The fourth-order valence-electron chi connectivity index (χ4n) is 2.84. The number of fused-ring (bicyclic) bond motifs is 1. The van der Waals surface area contributed by atoms with E-state index in [1.54, 1.807) is 39.5 Å². The monoisotopic (exact) mass is 377 g/mol. The molecule has 28 heavy (non-hydrogen) atoms. The van der Waals surface area contributed by atoms with Gasteiger partial charge >= 0.3 is 0 Å². The Bertz CT molecular complexity index is 996. The Labute approximate surface area is 164 Å². The van der Waals surface area contributed by atoms with Gasteiger partial charge in [0, 0.05) is 22.7 Å². The number of hydrogen-bond donors (Lipinski definition) is 2. The van der Waals surface area contributed by atoms with E-state index in [1.165, 1.54) is 0 Å². The number of nitrogens with one attached hydrogen (secondary N) is 2. The number of carbonyl (C=O) groups excluding carboxylic acids is 1. The number of methoxy groups -OCH3 is 2. The molecule has 1 amide bonds. The molecule has 0 fully saturated rings. The Morgan fingerprint density at radius 3 is 2.61 bits per heavy atom. The number of rotatable bonds is 7. The summed E-state index contributed by atoms with van der Waals surface area (Å²) in [4.78, 5) is 12.4. The van der Waals surface area contributed by atoms with E-state index < -0.39 is 6.04 Å². The lowest BCUT2D eigenvalue weighted by Gasteiger charge is -2.15. The van der Waals surface area contributed by atoms with E-state index in [2.05, 4.69) is 15.8 Å². The Morgan fingerprint density at radius 2 is 1.82 bits per heavy atom. The molecule has 0 saturated heterocycles. The van der Waals surface area contributed by atoms with Gasteiger partial charge in [0.25, 0.3) is 5.91 Å². The predicted molar refractivity (Wildman–Crippen MR) is 112 cm³/mol. The molecular weight excluding hydrogens is 354 g/mol. The lowest BCUT2D eigenvalue weighted by molar-refractivity contribution is -0.121. The van der Waals surface area contributed by atoms with Crippen molar-refractivity contribution in [2.75, 3.05) is 19.5 Å². The minimum atomic E-state index is -0.458. The molecule has 1 atom stereocenters. The molecule has 3 aromatic carbocycles. The van der Waals surface area contributed by atoms with Crippen LogP contribution < -0.4 is 20.2 Å². The normalized spacial score (nSPS) is 12.0. The summed E-state index contributed by atoms with van der Waals surface area (Å²) in [6.07, 6.45) is 1.54. The Hall–Kier alpha value is -3.54. The molecule has 0 spiro atoms. The molecule has 3 rings (SSSR count). The zero-order chi connectivity index (χ0) is 19.9. The third-order valence-corrected chi connectivity index (χ3v) is 4.37. The maximum absolute atomic E-state index is 12.4. The van der Waals surface area contributed by atoms with Gasteiger partial charge in [0.1, 0.15) is 17.5 Å². The van der Waals surface area contributed by atoms with Crippen molar-refractivity contribution in [2.24, 2.45) is 5.10 Å². The maximum Gasteiger partial charge on any atom is 0.262 e. The van der Waals surface area contributed by atoms with Crippen LogP contribution in [0.15, 0.2) is 65.8 Å². The van der Waals surface area contributed by atoms with Crippen LogP contribution in [0.4, 0.5) is 5.69 Å². The molecule has 3 aromatic rings. The Kier molecular flexibility index (Phi) is 6.11. The quantitative estimate of drug-likeness (QED) is 0.485. The molecule has 2 N–H and O–H groups in total.